The number of ether oxygens (including phenoxy) is 3. The molecule has 8 rings (SSSR count). The number of carbonyl (C=O) groups excluding carboxylic acids is 4. The van der Waals surface area contributed by atoms with Gasteiger partial charge in [-0.1, -0.05) is 33.6 Å². The number of hydrogen-bond donors (Lipinski definition) is 3. The van der Waals surface area contributed by atoms with Crippen molar-refractivity contribution in [2.75, 3.05) is 13.7 Å². The van der Waals surface area contributed by atoms with Crippen molar-refractivity contribution in [3.8, 4) is 11.6 Å². The molecular weight excluding hydrogens is 779 g/mol. The van der Waals surface area contributed by atoms with Gasteiger partial charge in [0, 0.05) is 12.5 Å². The van der Waals surface area contributed by atoms with Crippen LogP contribution in [0.1, 0.15) is 90.7 Å². The van der Waals surface area contributed by atoms with Crippen LogP contribution in [0.15, 0.2) is 18.2 Å². The molecular formula is C40H52F2N6O9S. The zero-order chi connectivity index (χ0) is 41.3. The van der Waals surface area contributed by atoms with Crippen LogP contribution in [0.2, 0.25) is 0 Å². The Morgan fingerprint density at radius 2 is 1.79 bits per heavy atom. The summed E-state index contributed by atoms with van der Waals surface area (Å²) < 4.78 is 73.8. The van der Waals surface area contributed by atoms with Crippen molar-refractivity contribution in [2.45, 2.75) is 133 Å². The summed E-state index contributed by atoms with van der Waals surface area (Å²) in [5.74, 6) is -2.71. The minimum absolute atomic E-state index is 0.139. The molecule has 3 N–H and O–H groups in total. The Morgan fingerprint density at radius 3 is 2.48 bits per heavy atom. The summed E-state index contributed by atoms with van der Waals surface area (Å²) in [5, 5.41) is 4.45. The summed E-state index contributed by atoms with van der Waals surface area (Å²) in [6.07, 6.45) is 1.11. The Morgan fingerprint density at radius 1 is 1.02 bits per heavy atom. The molecule has 2 aliphatic heterocycles. The van der Waals surface area contributed by atoms with E-state index in [9.17, 15) is 36.4 Å². The zero-order valence-electron chi connectivity index (χ0n) is 33.2. The highest BCUT2D eigenvalue weighted by atomic mass is 32.2. The Bertz CT molecular complexity index is 2100. The first-order valence-electron chi connectivity index (χ1n) is 20.4. The molecule has 4 saturated carbocycles. The highest BCUT2D eigenvalue weighted by molar-refractivity contribution is 7.91. The van der Waals surface area contributed by atoms with Crippen LogP contribution in [0.25, 0.3) is 11.0 Å². The van der Waals surface area contributed by atoms with Gasteiger partial charge in [-0.3, -0.25) is 19.1 Å². The third kappa shape index (κ3) is 8.01. The quantitative estimate of drug-likeness (QED) is 0.365. The first-order chi connectivity index (χ1) is 27.5. The fourth-order valence-corrected chi connectivity index (χ4v) is 10.6. The maximum Gasteiger partial charge on any atom is 0.408 e. The molecule has 2 bridgehead atoms. The van der Waals surface area contributed by atoms with Crippen LogP contribution in [0, 0.1) is 29.1 Å². The lowest BCUT2D eigenvalue weighted by Gasteiger charge is -2.36. The van der Waals surface area contributed by atoms with Gasteiger partial charge in [0.1, 0.15) is 41.3 Å². The van der Waals surface area contributed by atoms with Gasteiger partial charge in [-0.05, 0) is 86.7 Å². The molecule has 316 valence electrons. The SMILES string of the molecule is COc1ccc2nc3c(nc2c1)O[C@@H]1C[C@@H](C(=O)N[C@]2(C(=O)NS(=O)(=O)C4CC4)C[C@H]2C(F)F)N(C1)C(=O)[C@H](C(C)(C)C)NC(=O)O[C@H]1[C@H](CCCCC3)C[C@H]2C[C@H]21. The molecule has 3 heterocycles. The van der Waals surface area contributed by atoms with Crippen molar-refractivity contribution in [3.63, 3.8) is 0 Å². The second-order valence-corrected chi connectivity index (χ2v) is 20.1. The number of rotatable bonds is 7. The van der Waals surface area contributed by atoms with Crippen LogP contribution in [-0.4, -0.2) is 102 Å². The lowest BCUT2D eigenvalue weighted by molar-refractivity contribution is -0.143. The number of aryl methyl sites for hydroxylation is 1. The molecule has 0 spiro atoms. The van der Waals surface area contributed by atoms with Crippen molar-refractivity contribution >= 4 is 44.9 Å². The molecule has 1 aromatic heterocycles. The molecule has 4 amide bonds. The van der Waals surface area contributed by atoms with Gasteiger partial charge >= 0.3 is 6.09 Å². The van der Waals surface area contributed by atoms with Gasteiger partial charge in [-0.2, -0.15) is 0 Å². The number of amides is 4. The largest absolute Gasteiger partial charge is 0.497 e. The molecule has 0 unspecified atom stereocenters. The Hall–Kier alpha value is -4.35. The average molecular weight is 831 g/mol. The second-order valence-electron chi connectivity index (χ2n) is 18.2. The zero-order valence-corrected chi connectivity index (χ0v) is 34.0. The summed E-state index contributed by atoms with van der Waals surface area (Å²) in [4.78, 5) is 67.2. The van der Waals surface area contributed by atoms with E-state index in [0.29, 0.717) is 47.7 Å². The van der Waals surface area contributed by atoms with Crippen molar-refractivity contribution < 1.29 is 50.6 Å². The monoisotopic (exact) mass is 830 g/mol. The fourth-order valence-electron chi connectivity index (χ4n) is 9.26. The Balaban J connectivity index is 1.13. The predicted molar refractivity (Wildman–Crippen MR) is 204 cm³/mol. The number of sulfonamides is 1. The minimum Gasteiger partial charge on any atom is -0.497 e. The van der Waals surface area contributed by atoms with E-state index in [0.717, 1.165) is 38.5 Å². The lowest BCUT2D eigenvalue weighted by Crippen LogP contribution is -2.60. The van der Waals surface area contributed by atoms with E-state index in [1.54, 1.807) is 32.9 Å². The molecule has 6 aliphatic rings. The fraction of sp³-hybridized carbons (Fsp3) is 0.700. The topological polar surface area (TPSA) is 195 Å². The van der Waals surface area contributed by atoms with Gasteiger partial charge < -0.3 is 29.7 Å². The van der Waals surface area contributed by atoms with E-state index in [-0.39, 0.29) is 36.8 Å². The first kappa shape index (κ1) is 40.4. The number of alkyl halides is 2. The van der Waals surface area contributed by atoms with E-state index in [1.807, 2.05) is 10.8 Å². The smallest absolute Gasteiger partial charge is 0.408 e. The number of methoxy groups -OCH3 is 1. The van der Waals surface area contributed by atoms with Crippen LogP contribution >= 0.6 is 0 Å². The maximum absolute atomic E-state index is 14.8. The van der Waals surface area contributed by atoms with Crippen LogP contribution in [0.4, 0.5) is 13.6 Å². The van der Waals surface area contributed by atoms with Gasteiger partial charge in [0.05, 0.1) is 35.9 Å². The molecule has 5 fully saturated rings. The van der Waals surface area contributed by atoms with Gasteiger partial charge in [-0.25, -0.2) is 32.0 Å². The number of aromatic nitrogens is 2. The first-order valence-corrected chi connectivity index (χ1v) is 22.0. The lowest BCUT2D eigenvalue weighted by atomic mass is 9.85. The van der Waals surface area contributed by atoms with E-state index in [2.05, 4.69) is 10.6 Å². The van der Waals surface area contributed by atoms with Crippen LogP contribution in [0.3, 0.4) is 0 Å². The third-order valence-corrected chi connectivity index (χ3v) is 14.7. The molecule has 15 nitrogen and oxygen atoms in total. The van der Waals surface area contributed by atoms with Crippen molar-refractivity contribution in [1.29, 1.82) is 0 Å². The number of hydrogen-bond acceptors (Lipinski definition) is 11. The molecule has 1 aromatic carbocycles. The van der Waals surface area contributed by atoms with Gasteiger partial charge in [-0.15, -0.1) is 0 Å². The van der Waals surface area contributed by atoms with E-state index >= 15 is 0 Å². The number of nitrogens with one attached hydrogen (secondary N) is 3. The summed E-state index contributed by atoms with van der Waals surface area (Å²) in [7, 11) is -2.60. The van der Waals surface area contributed by atoms with Gasteiger partial charge in [0.25, 0.3) is 5.91 Å². The summed E-state index contributed by atoms with van der Waals surface area (Å²) in [6, 6.07) is 2.76. The van der Waals surface area contributed by atoms with E-state index < -0.39 is 87.0 Å². The normalized spacial score (nSPS) is 32.7. The molecule has 58 heavy (non-hydrogen) atoms. The maximum atomic E-state index is 14.8. The Kier molecular flexibility index (Phi) is 10.5. The van der Waals surface area contributed by atoms with E-state index in [1.165, 1.54) is 12.0 Å². The van der Waals surface area contributed by atoms with Gasteiger partial charge in [0.15, 0.2) is 0 Å². The highest BCUT2D eigenvalue weighted by Gasteiger charge is 2.67. The van der Waals surface area contributed by atoms with Crippen LogP contribution in [0.5, 0.6) is 11.6 Å². The van der Waals surface area contributed by atoms with Crippen LogP contribution < -0.4 is 24.8 Å². The number of benzene rings is 1. The standard InChI is InChI=1S/C40H52F2N6O9S/c1-39(2,3)32-36(50)48-19-23(17-30(48)34(49)46-40(18-26(40)33(41)42)37(51)47-58(53,54)24-11-12-24)56-35-28(43-27-13-10-22(55-4)16-29(27)44-35)9-7-5-6-8-20-14-21-15-25(21)31(20)57-38(52)45-32/h10,13,16,20-21,23-26,30-33H,5-9,11-12,14-15,17-19H2,1-4H3,(H,45,52)(H,46,49)(H,47,51)/t20-,21+,23-,25-,26+,30+,31+,32-,40-/m1/s1. The van der Waals surface area contributed by atoms with Crippen molar-refractivity contribution in [1.82, 2.24) is 30.2 Å². The summed E-state index contributed by atoms with van der Waals surface area (Å²) in [5.41, 5.74) is -1.38. The minimum atomic E-state index is -4.13. The second kappa shape index (κ2) is 15.0. The molecule has 9 atom stereocenters. The molecule has 2 aromatic rings. The van der Waals surface area contributed by atoms with E-state index in [4.69, 9.17) is 24.2 Å². The molecule has 0 radical (unpaired) electrons. The third-order valence-electron chi connectivity index (χ3n) is 12.9. The number of alkyl carbamates (subject to hydrolysis) is 1. The van der Waals surface area contributed by atoms with Crippen molar-refractivity contribution in [3.05, 3.63) is 23.9 Å². The molecule has 1 saturated heterocycles. The number of carbonyl (C=O) groups is 4. The molecule has 18 heteroatoms. The average Bonchev–Trinajstić information content (AvgIpc) is 4.10. The number of halogens is 2. The molecule has 4 aliphatic carbocycles. The Labute approximate surface area is 336 Å². The number of fused-ring (bicyclic) bond motifs is 7. The highest BCUT2D eigenvalue weighted by Crippen LogP contribution is 2.57. The van der Waals surface area contributed by atoms with Crippen LogP contribution in [-0.2, 0) is 35.6 Å². The summed E-state index contributed by atoms with van der Waals surface area (Å²) >= 11 is 0. The summed E-state index contributed by atoms with van der Waals surface area (Å²) in [6.45, 7) is 5.12. The van der Waals surface area contributed by atoms with Gasteiger partial charge in [0.2, 0.25) is 34.1 Å². The van der Waals surface area contributed by atoms with Crippen molar-refractivity contribution in [2.24, 2.45) is 29.1 Å². The number of nitrogens with zero attached hydrogens (tertiary/aromatic N) is 3. The predicted octanol–water partition coefficient (Wildman–Crippen LogP) is 4.02.